The van der Waals surface area contributed by atoms with Crippen molar-refractivity contribution in [3.63, 3.8) is 0 Å². The lowest BCUT2D eigenvalue weighted by molar-refractivity contribution is -0.145. The van der Waals surface area contributed by atoms with E-state index in [0.717, 1.165) is 73.9 Å². The maximum absolute atomic E-state index is 12.3. The summed E-state index contributed by atoms with van der Waals surface area (Å²) in [5.74, 6) is 1.93. The topological polar surface area (TPSA) is 120 Å². The van der Waals surface area contributed by atoms with E-state index >= 15 is 0 Å². The summed E-state index contributed by atoms with van der Waals surface area (Å²) in [4.78, 5) is 28.7. The Kier molecular flexibility index (Phi) is 6.33. The van der Waals surface area contributed by atoms with Gasteiger partial charge in [-0.25, -0.2) is 19.6 Å². The van der Waals surface area contributed by atoms with Gasteiger partial charge in [0.25, 0.3) is 0 Å². The molecule has 222 valence electrons. The van der Waals surface area contributed by atoms with Crippen LogP contribution in [0.3, 0.4) is 0 Å². The Morgan fingerprint density at radius 1 is 1.05 bits per heavy atom. The lowest BCUT2D eigenvalue weighted by Gasteiger charge is -2.56. The smallest absolute Gasteiger partial charge is 0.246 e. The fraction of sp³-hybridized carbons (Fsp3) is 0.324. The van der Waals surface area contributed by atoms with Crippen molar-refractivity contribution < 1.29 is 4.79 Å². The molecule has 8 rings (SSSR count). The summed E-state index contributed by atoms with van der Waals surface area (Å²) in [6, 6.07) is 17.1. The molecule has 10 nitrogen and oxygen atoms in total. The standard InChI is InChI=1S/C34H35N9O/c1-2-30(44)41-20-16-34(41)14-12-23(13-15-34)38-27-9-6-22-21-24(7-8-25(22)27)43-32(26-5-3-17-36-31(26)35)39-28-10-11-29(40-33(28)43)42-19-4-18-37-42/h2-5,7-8,10-11,17-19,21,23,27,38H,1,6,9,12-16,20H2,(H2,35,36)/t23?,27-,34?/m0/s1. The van der Waals surface area contributed by atoms with Crippen LogP contribution in [0.4, 0.5) is 5.82 Å². The molecule has 44 heavy (non-hydrogen) atoms. The van der Waals surface area contributed by atoms with E-state index in [1.807, 2.05) is 41.4 Å². The summed E-state index contributed by atoms with van der Waals surface area (Å²) in [6.45, 7) is 4.56. The van der Waals surface area contributed by atoms with Crippen LogP contribution < -0.4 is 11.1 Å². The highest BCUT2D eigenvalue weighted by Crippen LogP contribution is 2.44. The first-order chi connectivity index (χ1) is 21.5. The number of carbonyl (C=O) groups is 1. The van der Waals surface area contributed by atoms with Gasteiger partial charge in [0.05, 0.1) is 5.56 Å². The maximum Gasteiger partial charge on any atom is 0.246 e. The third kappa shape index (κ3) is 4.31. The van der Waals surface area contributed by atoms with Crippen LogP contribution in [0, 0.1) is 0 Å². The quantitative estimate of drug-likeness (QED) is 0.271. The van der Waals surface area contributed by atoms with Gasteiger partial charge in [-0.15, -0.1) is 0 Å². The molecule has 0 radical (unpaired) electrons. The van der Waals surface area contributed by atoms with Crippen LogP contribution in [-0.2, 0) is 11.2 Å². The number of nitrogens with one attached hydrogen (secondary N) is 1. The highest BCUT2D eigenvalue weighted by molar-refractivity contribution is 5.88. The monoisotopic (exact) mass is 585 g/mol. The molecule has 2 fully saturated rings. The van der Waals surface area contributed by atoms with Crippen molar-refractivity contribution in [1.29, 1.82) is 0 Å². The second-order valence-corrected chi connectivity index (χ2v) is 12.3. The fourth-order valence-electron chi connectivity index (χ4n) is 7.55. The van der Waals surface area contributed by atoms with Crippen LogP contribution in [0.25, 0.3) is 34.1 Å². The van der Waals surface area contributed by atoms with E-state index in [9.17, 15) is 4.79 Å². The number of fused-ring (bicyclic) bond motifs is 2. The van der Waals surface area contributed by atoms with E-state index in [-0.39, 0.29) is 11.4 Å². The van der Waals surface area contributed by atoms with E-state index in [1.54, 1.807) is 17.1 Å². The van der Waals surface area contributed by atoms with Crippen LogP contribution in [0.5, 0.6) is 0 Å². The van der Waals surface area contributed by atoms with E-state index in [0.29, 0.717) is 29.5 Å². The van der Waals surface area contributed by atoms with Crippen molar-refractivity contribution in [2.24, 2.45) is 0 Å². The largest absolute Gasteiger partial charge is 0.383 e. The number of imidazole rings is 1. The van der Waals surface area contributed by atoms with Crippen LogP contribution in [0.2, 0.25) is 0 Å². The second-order valence-electron chi connectivity index (χ2n) is 12.3. The highest BCUT2D eigenvalue weighted by Gasteiger charge is 2.48. The molecule has 4 aromatic heterocycles. The van der Waals surface area contributed by atoms with Gasteiger partial charge in [0.1, 0.15) is 11.3 Å². The lowest BCUT2D eigenvalue weighted by atomic mass is 9.71. The first-order valence-electron chi connectivity index (χ1n) is 15.5. The molecule has 1 spiro atoms. The zero-order chi connectivity index (χ0) is 29.8. The minimum atomic E-state index is 0.0558. The zero-order valence-electron chi connectivity index (χ0n) is 24.6. The molecule has 0 bridgehead atoms. The Morgan fingerprint density at radius 3 is 2.68 bits per heavy atom. The van der Waals surface area contributed by atoms with Crippen molar-refractivity contribution in [2.75, 3.05) is 12.3 Å². The zero-order valence-corrected chi connectivity index (χ0v) is 24.6. The number of nitrogen functional groups attached to an aromatic ring is 1. The van der Waals surface area contributed by atoms with E-state index in [1.165, 1.54) is 17.2 Å². The Balaban J connectivity index is 1.09. The number of rotatable bonds is 6. The molecule has 1 aliphatic heterocycles. The minimum absolute atomic E-state index is 0.0558. The molecule has 1 saturated heterocycles. The Morgan fingerprint density at radius 2 is 1.93 bits per heavy atom. The first kappa shape index (κ1) is 26.8. The number of aromatic nitrogens is 6. The van der Waals surface area contributed by atoms with E-state index < -0.39 is 0 Å². The van der Waals surface area contributed by atoms with Crippen LogP contribution >= 0.6 is 0 Å². The van der Waals surface area contributed by atoms with Gasteiger partial charge in [0.2, 0.25) is 5.91 Å². The summed E-state index contributed by atoms with van der Waals surface area (Å²) in [5.41, 5.74) is 12.4. The number of pyridine rings is 2. The maximum atomic E-state index is 12.3. The fourth-order valence-corrected chi connectivity index (χ4v) is 7.55. The van der Waals surface area contributed by atoms with Crippen LogP contribution in [0.15, 0.2) is 79.8 Å². The Labute approximate surface area is 255 Å². The normalized spacial score (nSPS) is 22.7. The third-order valence-corrected chi connectivity index (χ3v) is 9.94. The second kappa shape index (κ2) is 10.4. The van der Waals surface area contributed by atoms with Crippen molar-refractivity contribution in [2.45, 2.75) is 62.6 Å². The van der Waals surface area contributed by atoms with Gasteiger partial charge in [-0.1, -0.05) is 12.6 Å². The number of anilines is 1. The van der Waals surface area contributed by atoms with Gasteiger partial charge in [-0.3, -0.25) is 9.36 Å². The van der Waals surface area contributed by atoms with Gasteiger partial charge in [0.15, 0.2) is 17.3 Å². The number of likely N-dealkylation sites (tertiary alicyclic amines) is 1. The molecule has 1 aromatic carbocycles. The molecule has 1 saturated carbocycles. The van der Waals surface area contributed by atoms with Crippen molar-refractivity contribution in [3.8, 4) is 22.9 Å². The van der Waals surface area contributed by atoms with Crippen molar-refractivity contribution in [3.05, 3.63) is 90.9 Å². The molecule has 0 unspecified atom stereocenters. The van der Waals surface area contributed by atoms with Gasteiger partial charge < -0.3 is 16.0 Å². The van der Waals surface area contributed by atoms with Gasteiger partial charge in [-0.2, -0.15) is 5.10 Å². The molecule has 2 aliphatic carbocycles. The molecule has 3 aliphatic rings. The average Bonchev–Trinajstić information content (AvgIpc) is 3.80. The lowest BCUT2D eigenvalue weighted by Crippen LogP contribution is -2.63. The summed E-state index contributed by atoms with van der Waals surface area (Å²) in [7, 11) is 0. The number of amides is 1. The van der Waals surface area contributed by atoms with Gasteiger partial charge >= 0.3 is 0 Å². The van der Waals surface area contributed by atoms with Crippen molar-refractivity contribution in [1.82, 2.24) is 39.5 Å². The predicted molar refractivity (Wildman–Crippen MR) is 169 cm³/mol. The summed E-state index contributed by atoms with van der Waals surface area (Å²) in [5, 5.41) is 8.36. The Bertz CT molecular complexity index is 1880. The third-order valence-electron chi connectivity index (χ3n) is 9.94. The molecule has 5 heterocycles. The van der Waals surface area contributed by atoms with E-state index in [2.05, 4.69) is 44.7 Å². The number of carbonyl (C=O) groups excluding carboxylic acids is 1. The number of nitrogens with zero attached hydrogens (tertiary/aromatic N) is 7. The Hall–Kier alpha value is -4.83. The minimum Gasteiger partial charge on any atom is -0.383 e. The predicted octanol–water partition coefficient (Wildman–Crippen LogP) is 4.93. The molecule has 3 N–H and O–H groups in total. The molecular weight excluding hydrogens is 550 g/mol. The summed E-state index contributed by atoms with van der Waals surface area (Å²) < 4.78 is 3.84. The number of benzene rings is 1. The number of aryl methyl sites for hydroxylation is 1. The average molecular weight is 586 g/mol. The highest BCUT2D eigenvalue weighted by atomic mass is 16.2. The van der Waals surface area contributed by atoms with Crippen LogP contribution in [-0.4, -0.2) is 58.2 Å². The molecule has 10 heteroatoms. The summed E-state index contributed by atoms with van der Waals surface area (Å²) in [6.07, 6.45) is 14.3. The molecule has 5 aromatic rings. The number of hydrogen-bond donors (Lipinski definition) is 2. The molecular formula is C34H35N9O. The number of nitrogens with two attached hydrogens (primary N) is 1. The summed E-state index contributed by atoms with van der Waals surface area (Å²) >= 11 is 0. The number of hydrogen-bond acceptors (Lipinski definition) is 7. The molecule has 1 atom stereocenters. The molecule has 1 amide bonds. The first-order valence-corrected chi connectivity index (χ1v) is 15.5. The van der Waals surface area contributed by atoms with Crippen molar-refractivity contribution >= 4 is 22.9 Å². The SMILES string of the molecule is C=CC(=O)N1CCC12CCC(N[C@H]1CCc3cc(-n4c(-c5cccnc5N)nc5ccc(-n6cccn6)nc54)ccc31)CC2. The van der Waals surface area contributed by atoms with Gasteiger partial charge in [0, 0.05) is 48.4 Å². The van der Waals surface area contributed by atoms with E-state index in [4.69, 9.17) is 15.7 Å². The van der Waals surface area contributed by atoms with Gasteiger partial charge in [-0.05, 0) is 105 Å². The van der Waals surface area contributed by atoms with Crippen LogP contribution in [0.1, 0.15) is 55.7 Å².